The third kappa shape index (κ3) is 5.95. The van der Waals surface area contributed by atoms with Gasteiger partial charge in [-0.2, -0.15) is 5.10 Å². The summed E-state index contributed by atoms with van der Waals surface area (Å²) in [4.78, 5) is 17.4. The van der Waals surface area contributed by atoms with Crippen LogP contribution in [0.2, 0.25) is 0 Å². The highest BCUT2D eigenvalue weighted by Gasteiger charge is 2.30. The molecule has 1 saturated heterocycles. The predicted octanol–water partition coefficient (Wildman–Crippen LogP) is 2.65. The molecule has 0 radical (unpaired) electrons. The fraction of sp³-hybridized carbons (Fsp3) is 0.500. The number of carbonyl (C=O) groups excluding carboxylic acids is 1. The van der Waals surface area contributed by atoms with Gasteiger partial charge in [0.1, 0.15) is 6.04 Å². The highest BCUT2D eigenvalue weighted by atomic mass is 35.5. The monoisotopic (exact) mass is 427 g/mol. The van der Waals surface area contributed by atoms with Crippen molar-refractivity contribution in [2.45, 2.75) is 31.5 Å². The summed E-state index contributed by atoms with van der Waals surface area (Å²) in [5.74, 6) is 0.113. The lowest BCUT2D eigenvalue weighted by molar-refractivity contribution is -0.135. The standard InChI is InChI=1S/C20H29N5O.2ClH/c1-21-19(17-13-22-23(2)15-17)20(26)24(3)18-9-11-25(12-10-18)14-16-7-5-4-6-8-16;;/h4-8,13,15,18-19,21H,9-12,14H2,1-3H3;2*1H. The largest absolute Gasteiger partial charge is 0.341 e. The molecule has 1 fully saturated rings. The molecular formula is C20H31Cl2N5O. The van der Waals surface area contributed by atoms with Crippen LogP contribution in [0.15, 0.2) is 42.7 Å². The number of rotatable bonds is 6. The van der Waals surface area contributed by atoms with E-state index in [1.165, 1.54) is 5.56 Å². The number of likely N-dealkylation sites (N-methyl/N-ethyl adjacent to an activating group) is 2. The zero-order valence-corrected chi connectivity index (χ0v) is 18.4. The number of aryl methyl sites for hydroxylation is 1. The number of aromatic nitrogens is 2. The van der Waals surface area contributed by atoms with Crippen LogP contribution in [0.5, 0.6) is 0 Å². The van der Waals surface area contributed by atoms with Crippen LogP contribution in [0, 0.1) is 0 Å². The summed E-state index contributed by atoms with van der Waals surface area (Å²) in [6.07, 6.45) is 5.68. The number of piperidine rings is 1. The minimum absolute atomic E-state index is 0. The van der Waals surface area contributed by atoms with Crippen LogP contribution in [0.4, 0.5) is 0 Å². The molecule has 1 atom stereocenters. The molecule has 3 rings (SSSR count). The van der Waals surface area contributed by atoms with E-state index in [0.29, 0.717) is 6.04 Å². The lowest BCUT2D eigenvalue weighted by Crippen LogP contribution is -2.48. The van der Waals surface area contributed by atoms with E-state index in [4.69, 9.17) is 0 Å². The average Bonchev–Trinajstić information content (AvgIpc) is 3.09. The lowest BCUT2D eigenvalue weighted by atomic mass is 10.0. The second-order valence-corrected chi connectivity index (χ2v) is 7.11. The highest BCUT2D eigenvalue weighted by Crippen LogP contribution is 2.21. The second-order valence-electron chi connectivity index (χ2n) is 7.11. The predicted molar refractivity (Wildman–Crippen MR) is 117 cm³/mol. The van der Waals surface area contributed by atoms with Gasteiger partial charge in [0.05, 0.1) is 6.20 Å². The fourth-order valence-corrected chi connectivity index (χ4v) is 3.71. The van der Waals surface area contributed by atoms with E-state index in [2.05, 4.69) is 45.6 Å². The number of amides is 1. The van der Waals surface area contributed by atoms with Crippen molar-refractivity contribution in [3.05, 3.63) is 53.9 Å². The maximum Gasteiger partial charge on any atom is 0.244 e. The quantitative estimate of drug-likeness (QED) is 0.769. The minimum atomic E-state index is -0.337. The summed E-state index contributed by atoms with van der Waals surface area (Å²) >= 11 is 0. The Morgan fingerprint density at radius 3 is 2.43 bits per heavy atom. The molecule has 8 heteroatoms. The van der Waals surface area contributed by atoms with Crippen LogP contribution in [-0.4, -0.2) is 58.7 Å². The number of hydrogen-bond acceptors (Lipinski definition) is 4. The van der Waals surface area contributed by atoms with Gasteiger partial charge >= 0.3 is 0 Å². The van der Waals surface area contributed by atoms with Gasteiger partial charge in [0.2, 0.25) is 5.91 Å². The van der Waals surface area contributed by atoms with Crippen LogP contribution in [0.3, 0.4) is 0 Å². The zero-order valence-electron chi connectivity index (χ0n) is 16.7. The van der Waals surface area contributed by atoms with E-state index in [1.807, 2.05) is 32.2 Å². The van der Waals surface area contributed by atoms with Gasteiger partial charge in [-0.1, -0.05) is 30.3 Å². The molecule has 1 aromatic carbocycles. The van der Waals surface area contributed by atoms with Crippen molar-refractivity contribution in [1.82, 2.24) is 24.9 Å². The van der Waals surface area contributed by atoms with Gasteiger partial charge in [0, 0.05) is 51.5 Å². The summed E-state index contributed by atoms with van der Waals surface area (Å²) in [7, 11) is 5.62. The first-order chi connectivity index (χ1) is 12.6. The maximum atomic E-state index is 13.0. The van der Waals surface area contributed by atoms with Crippen LogP contribution in [-0.2, 0) is 18.4 Å². The van der Waals surface area contributed by atoms with Crippen molar-refractivity contribution in [3.8, 4) is 0 Å². The van der Waals surface area contributed by atoms with Gasteiger partial charge in [0.25, 0.3) is 0 Å². The van der Waals surface area contributed by atoms with Crippen LogP contribution >= 0.6 is 24.8 Å². The van der Waals surface area contributed by atoms with Gasteiger partial charge in [-0.3, -0.25) is 14.4 Å². The van der Waals surface area contributed by atoms with E-state index < -0.39 is 0 Å². The highest BCUT2D eigenvalue weighted by molar-refractivity contribution is 5.85. The first kappa shape index (κ1) is 24.4. The Hall–Kier alpha value is -1.60. The number of halogens is 2. The molecule has 28 heavy (non-hydrogen) atoms. The van der Waals surface area contributed by atoms with Gasteiger partial charge in [0.15, 0.2) is 0 Å². The topological polar surface area (TPSA) is 53.4 Å². The fourth-order valence-electron chi connectivity index (χ4n) is 3.71. The molecular weight excluding hydrogens is 397 g/mol. The smallest absolute Gasteiger partial charge is 0.244 e. The van der Waals surface area contributed by atoms with Crippen molar-refractivity contribution in [2.75, 3.05) is 27.2 Å². The lowest BCUT2D eigenvalue weighted by Gasteiger charge is -2.38. The SMILES string of the molecule is CNC(C(=O)N(C)C1CCN(Cc2ccccc2)CC1)c1cnn(C)c1.Cl.Cl. The first-order valence-corrected chi connectivity index (χ1v) is 9.27. The third-order valence-electron chi connectivity index (χ3n) is 5.30. The van der Waals surface area contributed by atoms with Gasteiger partial charge in [-0.15, -0.1) is 24.8 Å². The molecule has 2 heterocycles. The summed E-state index contributed by atoms with van der Waals surface area (Å²) < 4.78 is 1.73. The first-order valence-electron chi connectivity index (χ1n) is 9.27. The molecule has 2 aromatic rings. The molecule has 1 amide bonds. The molecule has 0 spiro atoms. The Labute approximate surface area is 180 Å². The molecule has 1 aromatic heterocycles. The molecule has 6 nitrogen and oxygen atoms in total. The Morgan fingerprint density at radius 1 is 1.25 bits per heavy atom. The number of likely N-dealkylation sites (tertiary alicyclic amines) is 1. The van der Waals surface area contributed by atoms with Crippen LogP contribution < -0.4 is 5.32 Å². The van der Waals surface area contributed by atoms with Crippen LogP contribution in [0.25, 0.3) is 0 Å². The number of hydrogen-bond donors (Lipinski definition) is 1. The number of carbonyl (C=O) groups is 1. The summed E-state index contributed by atoms with van der Waals surface area (Å²) in [6, 6.07) is 10.5. The van der Waals surface area contributed by atoms with Crippen molar-refractivity contribution in [2.24, 2.45) is 7.05 Å². The van der Waals surface area contributed by atoms with Crippen molar-refractivity contribution in [3.63, 3.8) is 0 Å². The molecule has 0 bridgehead atoms. The van der Waals surface area contributed by atoms with Gasteiger partial charge in [-0.25, -0.2) is 0 Å². The van der Waals surface area contributed by atoms with Crippen LogP contribution in [0.1, 0.15) is 30.0 Å². The number of nitrogens with zero attached hydrogens (tertiary/aromatic N) is 4. The molecule has 1 aliphatic rings. The summed E-state index contributed by atoms with van der Waals surface area (Å²) in [5, 5.41) is 7.33. The normalized spacial score (nSPS) is 16.0. The molecule has 1 unspecified atom stereocenters. The van der Waals surface area contributed by atoms with E-state index >= 15 is 0 Å². The number of benzene rings is 1. The van der Waals surface area contributed by atoms with E-state index in [9.17, 15) is 4.79 Å². The van der Waals surface area contributed by atoms with Gasteiger partial charge < -0.3 is 10.2 Å². The zero-order chi connectivity index (χ0) is 18.5. The Bertz CT molecular complexity index is 716. The molecule has 1 aliphatic heterocycles. The van der Waals surface area contributed by atoms with Crippen molar-refractivity contribution >= 4 is 30.7 Å². The average molecular weight is 428 g/mol. The molecule has 0 saturated carbocycles. The van der Waals surface area contributed by atoms with E-state index in [0.717, 1.165) is 38.0 Å². The molecule has 1 N–H and O–H groups in total. The Balaban J connectivity index is 0.00000196. The Morgan fingerprint density at radius 2 is 1.89 bits per heavy atom. The summed E-state index contributed by atoms with van der Waals surface area (Å²) in [5.41, 5.74) is 2.26. The molecule has 156 valence electrons. The molecule has 0 aliphatic carbocycles. The van der Waals surface area contributed by atoms with Crippen molar-refractivity contribution in [1.29, 1.82) is 0 Å². The second kappa shape index (κ2) is 11.4. The van der Waals surface area contributed by atoms with E-state index in [1.54, 1.807) is 10.9 Å². The third-order valence-corrected chi connectivity index (χ3v) is 5.30. The van der Waals surface area contributed by atoms with Gasteiger partial charge in [-0.05, 0) is 25.5 Å². The number of nitrogens with one attached hydrogen (secondary N) is 1. The minimum Gasteiger partial charge on any atom is -0.341 e. The van der Waals surface area contributed by atoms with E-state index in [-0.39, 0.29) is 36.8 Å². The van der Waals surface area contributed by atoms with Crippen molar-refractivity contribution < 1.29 is 4.79 Å². The Kier molecular flexibility index (Phi) is 9.96. The summed E-state index contributed by atoms with van der Waals surface area (Å²) in [6.45, 7) is 3.03. The maximum absolute atomic E-state index is 13.0.